The number of rotatable bonds is 5. The second-order valence-corrected chi connectivity index (χ2v) is 5.19. The maximum atomic E-state index is 10.6. The van der Waals surface area contributed by atoms with Crippen molar-refractivity contribution in [1.29, 1.82) is 0 Å². The molecule has 0 fully saturated rings. The van der Waals surface area contributed by atoms with Crippen LogP contribution < -0.4 is 0 Å². The van der Waals surface area contributed by atoms with Crippen LogP contribution in [-0.2, 0) is 4.79 Å². The van der Waals surface area contributed by atoms with Crippen LogP contribution in [0.2, 0.25) is 0 Å². The molecule has 1 atom stereocenters. The van der Waals surface area contributed by atoms with Crippen molar-refractivity contribution in [3.05, 3.63) is 48.0 Å². The van der Waals surface area contributed by atoms with Gasteiger partial charge in [0, 0.05) is 6.54 Å². The molecule has 0 saturated carbocycles. The van der Waals surface area contributed by atoms with Gasteiger partial charge in [0.25, 0.3) is 0 Å². The summed E-state index contributed by atoms with van der Waals surface area (Å²) in [4.78, 5) is 12.3. The van der Waals surface area contributed by atoms with Crippen LogP contribution in [0.15, 0.2) is 42.5 Å². The van der Waals surface area contributed by atoms with Gasteiger partial charge in [-0.05, 0) is 29.4 Å². The molecule has 0 spiro atoms. The Kier molecular flexibility index (Phi) is 4.40. The molecule has 19 heavy (non-hydrogen) atoms. The van der Waals surface area contributed by atoms with E-state index in [0.29, 0.717) is 6.54 Å². The quantitative estimate of drug-likeness (QED) is 0.854. The predicted molar refractivity (Wildman–Crippen MR) is 77.7 cm³/mol. The molecule has 4 heteroatoms. The van der Waals surface area contributed by atoms with Crippen molar-refractivity contribution in [2.24, 2.45) is 0 Å². The molecule has 1 N–H and O–H groups in total. The smallest absolute Gasteiger partial charge is 0.317 e. The summed E-state index contributed by atoms with van der Waals surface area (Å²) < 4.78 is 0. The van der Waals surface area contributed by atoms with Crippen molar-refractivity contribution in [2.45, 2.75) is 5.38 Å². The van der Waals surface area contributed by atoms with E-state index in [4.69, 9.17) is 16.7 Å². The van der Waals surface area contributed by atoms with E-state index < -0.39 is 5.97 Å². The Morgan fingerprint density at radius 1 is 1.26 bits per heavy atom. The van der Waals surface area contributed by atoms with Crippen LogP contribution in [0.3, 0.4) is 0 Å². The minimum atomic E-state index is -0.843. The summed E-state index contributed by atoms with van der Waals surface area (Å²) in [7, 11) is 1.75. The van der Waals surface area contributed by atoms with E-state index >= 15 is 0 Å². The van der Waals surface area contributed by atoms with Crippen LogP contribution in [-0.4, -0.2) is 36.1 Å². The second kappa shape index (κ2) is 6.04. The summed E-state index contributed by atoms with van der Waals surface area (Å²) in [5, 5.41) is 10.8. The molecule has 3 nitrogen and oxygen atoms in total. The average Bonchev–Trinajstić information content (AvgIpc) is 2.37. The Morgan fingerprint density at radius 2 is 1.95 bits per heavy atom. The van der Waals surface area contributed by atoms with E-state index in [-0.39, 0.29) is 11.9 Å². The molecule has 2 aromatic carbocycles. The molecular formula is C15H16ClNO2. The highest BCUT2D eigenvalue weighted by Gasteiger charge is 2.13. The standard InChI is InChI=1S/C15H16ClNO2/c1-17(10-15(18)19)9-14(16)13-7-6-11-4-2-3-5-12(11)8-13/h2-8,14H,9-10H2,1H3,(H,18,19). The Labute approximate surface area is 117 Å². The zero-order valence-electron chi connectivity index (χ0n) is 10.7. The number of carboxylic acid groups (broad SMARTS) is 1. The molecule has 2 aromatic rings. The van der Waals surface area contributed by atoms with E-state index in [1.165, 1.54) is 5.39 Å². The Hall–Kier alpha value is -1.58. The first-order valence-electron chi connectivity index (χ1n) is 6.09. The largest absolute Gasteiger partial charge is 0.480 e. The van der Waals surface area contributed by atoms with Crippen molar-refractivity contribution in [1.82, 2.24) is 4.90 Å². The third kappa shape index (κ3) is 3.69. The zero-order valence-corrected chi connectivity index (χ0v) is 11.5. The van der Waals surface area contributed by atoms with Gasteiger partial charge in [-0.3, -0.25) is 9.69 Å². The van der Waals surface area contributed by atoms with Crippen molar-refractivity contribution in [2.75, 3.05) is 20.1 Å². The minimum absolute atomic E-state index is 0.00317. The van der Waals surface area contributed by atoms with Crippen LogP contribution in [0.5, 0.6) is 0 Å². The van der Waals surface area contributed by atoms with Gasteiger partial charge in [0.05, 0.1) is 11.9 Å². The third-order valence-corrected chi connectivity index (χ3v) is 3.40. The SMILES string of the molecule is CN(CC(=O)O)CC(Cl)c1ccc2ccccc2c1. The Morgan fingerprint density at radius 3 is 2.63 bits per heavy atom. The first-order chi connectivity index (χ1) is 9.06. The maximum absolute atomic E-state index is 10.6. The molecule has 2 rings (SSSR count). The van der Waals surface area contributed by atoms with Gasteiger partial charge < -0.3 is 5.11 Å². The van der Waals surface area contributed by atoms with Gasteiger partial charge in [0.15, 0.2) is 0 Å². The first-order valence-corrected chi connectivity index (χ1v) is 6.53. The highest BCUT2D eigenvalue weighted by Crippen LogP contribution is 2.25. The highest BCUT2D eigenvalue weighted by atomic mass is 35.5. The average molecular weight is 278 g/mol. The lowest BCUT2D eigenvalue weighted by atomic mass is 10.0. The topological polar surface area (TPSA) is 40.5 Å². The second-order valence-electron chi connectivity index (χ2n) is 4.66. The number of hydrogen-bond acceptors (Lipinski definition) is 2. The van der Waals surface area contributed by atoms with Gasteiger partial charge in [-0.1, -0.05) is 36.4 Å². The molecule has 0 saturated heterocycles. The normalized spacial score (nSPS) is 12.8. The number of nitrogens with zero attached hydrogens (tertiary/aromatic N) is 1. The molecular weight excluding hydrogens is 262 g/mol. The van der Waals surface area contributed by atoms with Crippen LogP contribution in [0.1, 0.15) is 10.9 Å². The van der Waals surface area contributed by atoms with Crippen molar-refractivity contribution in [3.8, 4) is 0 Å². The summed E-state index contributed by atoms with van der Waals surface area (Å²) in [5.41, 5.74) is 1.01. The molecule has 0 aliphatic carbocycles. The van der Waals surface area contributed by atoms with Crippen LogP contribution in [0, 0.1) is 0 Å². The van der Waals surface area contributed by atoms with Gasteiger partial charge in [0.2, 0.25) is 0 Å². The Bertz CT molecular complexity index is 585. The van der Waals surface area contributed by atoms with E-state index in [1.807, 2.05) is 30.3 Å². The number of hydrogen-bond donors (Lipinski definition) is 1. The van der Waals surface area contributed by atoms with Crippen molar-refractivity contribution in [3.63, 3.8) is 0 Å². The lowest BCUT2D eigenvalue weighted by molar-refractivity contribution is -0.137. The molecule has 1 unspecified atom stereocenters. The summed E-state index contributed by atoms with van der Waals surface area (Å²) in [6.45, 7) is 0.503. The van der Waals surface area contributed by atoms with Crippen LogP contribution >= 0.6 is 11.6 Å². The maximum Gasteiger partial charge on any atom is 0.317 e. The van der Waals surface area contributed by atoms with E-state index in [9.17, 15) is 4.79 Å². The van der Waals surface area contributed by atoms with Gasteiger partial charge in [0.1, 0.15) is 0 Å². The van der Waals surface area contributed by atoms with E-state index in [2.05, 4.69) is 12.1 Å². The molecule has 0 heterocycles. The zero-order chi connectivity index (χ0) is 13.8. The minimum Gasteiger partial charge on any atom is -0.480 e. The van der Waals surface area contributed by atoms with Gasteiger partial charge in [-0.2, -0.15) is 0 Å². The number of halogens is 1. The fraction of sp³-hybridized carbons (Fsp3) is 0.267. The lowest BCUT2D eigenvalue weighted by Crippen LogP contribution is -2.28. The number of fused-ring (bicyclic) bond motifs is 1. The predicted octanol–water partition coefficient (Wildman–Crippen LogP) is 3.14. The van der Waals surface area contributed by atoms with Gasteiger partial charge in [-0.25, -0.2) is 0 Å². The summed E-state index contributed by atoms with van der Waals surface area (Å²) in [6, 6.07) is 14.2. The van der Waals surface area contributed by atoms with Crippen LogP contribution in [0.25, 0.3) is 10.8 Å². The fourth-order valence-electron chi connectivity index (χ4n) is 2.08. The number of benzene rings is 2. The summed E-state index contributed by atoms with van der Waals surface area (Å²) >= 11 is 6.35. The Balaban J connectivity index is 2.12. The molecule has 0 aliphatic heterocycles. The van der Waals surface area contributed by atoms with Crippen LogP contribution in [0.4, 0.5) is 0 Å². The number of likely N-dealkylation sites (N-methyl/N-ethyl adjacent to an activating group) is 1. The van der Waals surface area contributed by atoms with E-state index in [1.54, 1.807) is 11.9 Å². The van der Waals surface area contributed by atoms with Crippen molar-refractivity contribution < 1.29 is 9.90 Å². The first kappa shape index (κ1) is 13.8. The third-order valence-electron chi connectivity index (χ3n) is 3.01. The van der Waals surface area contributed by atoms with Gasteiger partial charge >= 0.3 is 5.97 Å². The molecule has 0 amide bonds. The van der Waals surface area contributed by atoms with Gasteiger partial charge in [-0.15, -0.1) is 11.6 Å². The number of carboxylic acids is 1. The van der Waals surface area contributed by atoms with Crippen molar-refractivity contribution >= 4 is 28.3 Å². The summed E-state index contributed by atoms with van der Waals surface area (Å²) in [5.74, 6) is -0.843. The number of carbonyl (C=O) groups is 1. The lowest BCUT2D eigenvalue weighted by Gasteiger charge is -2.18. The molecule has 0 radical (unpaired) electrons. The number of aliphatic carboxylic acids is 1. The van der Waals surface area contributed by atoms with E-state index in [0.717, 1.165) is 10.9 Å². The monoisotopic (exact) mass is 277 g/mol. The molecule has 0 aliphatic rings. The molecule has 0 aromatic heterocycles. The molecule has 0 bridgehead atoms. The summed E-state index contributed by atoms with van der Waals surface area (Å²) in [6.07, 6.45) is 0. The highest BCUT2D eigenvalue weighted by molar-refractivity contribution is 6.21. The molecule has 100 valence electrons. The fourth-order valence-corrected chi connectivity index (χ4v) is 2.45. The number of alkyl halides is 1.